The molecule has 1 aromatic carbocycles. The molecule has 0 unspecified atom stereocenters. The van der Waals surface area contributed by atoms with Crippen LogP contribution in [0.2, 0.25) is 5.02 Å². The Morgan fingerprint density at radius 1 is 1.40 bits per heavy atom. The minimum atomic E-state index is 0.0172. The van der Waals surface area contributed by atoms with Gasteiger partial charge in [-0.25, -0.2) is 0 Å². The van der Waals surface area contributed by atoms with Crippen LogP contribution in [-0.4, -0.2) is 20.7 Å². The van der Waals surface area contributed by atoms with Gasteiger partial charge in [-0.05, 0) is 36.6 Å². The maximum Gasteiger partial charge on any atom is 0.192 e. The van der Waals surface area contributed by atoms with E-state index >= 15 is 0 Å². The molecule has 1 aliphatic rings. The van der Waals surface area contributed by atoms with Gasteiger partial charge in [0.25, 0.3) is 0 Å². The first kappa shape index (κ1) is 12.9. The summed E-state index contributed by atoms with van der Waals surface area (Å²) in [5, 5.41) is 13.8. The lowest BCUT2D eigenvalue weighted by Crippen LogP contribution is -2.14. The van der Waals surface area contributed by atoms with E-state index in [4.69, 9.17) is 11.6 Å². The molecule has 0 saturated carbocycles. The highest BCUT2D eigenvalue weighted by Gasteiger charge is 2.24. The summed E-state index contributed by atoms with van der Waals surface area (Å²) >= 11 is 5.87. The second-order valence-electron chi connectivity index (χ2n) is 4.84. The molecule has 3 rings (SSSR count). The van der Waals surface area contributed by atoms with Crippen molar-refractivity contribution in [3.8, 4) is 5.75 Å². The number of aromatic nitrogens is 2. The third-order valence-electron chi connectivity index (χ3n) is 3.54. The Morgan fingerprint density at radius 2 is 2.20 bits per heavy atom. The molecule has 0 fully saturated rings. The van der Waals surface area contributed by atoms with Gasteiger partial charge in [-0.15, -0.1) is 0 Å². The summed E-state index contributed by atoms with van der Waals surface area (Å²) in [6, 6.07) is 4.91. The number of Topliss-reactive ketones (excluding diaryl/α,β-unsaturated/α-hetero) is 1. The molecule has 0 atom stereocenters. The first-order valence-corrected chi connectivity index (χ1v) is 6.68. The van der Waals surface area contributed by atoms with Crippen LogP contribution < -0.4 is 0 Å². The number of aromatic hydroxyl groups is 1. The molecule has 5 heteroatoms. The summed E-state index contributed by atoms with van der Waals surface area (Å²) in [5.41, 5.74) is 3.21. The smallest absolute Gasteiger partial charge is 0.192 e. The molecule has 0 radical (unpaired) electrons. The number of ketones is 1. The Labute approximate surface area is 121 Å². The molecule has 4 nitrogen and oxygen atoms in total. The number of aryl methyl sites for hydroxylation is 1. The molecule has 1 heterocycles. The standard InChI is InChI=1S/C15H13ClN2O2/c1-18-13-4-3-10(15(20)11(13)8-17-18)6-9-2-5-14(19)12(16)7-9/h2,5-8,19H,3-4H2,1H3/b10-6+. The number of hydrogen-bond acceptors (Lipinski definition) is 3. The van der Waals surface area contributed by atoms with E-state index in [1.165, 1.54) is 6.07 Å². The maximum atomic E-state index is 12.4. The van der Waals surface area contributed by atoms with Crippen LogP contribution in [0, 0.1) is 0 Å². The molecule has 0 saturated heterocycles. The van der Waals surface area contributed by atoms with Crippen LogP contribution in [0.3, 0.4) is 0 Å². The lowest BCUT2D eigenvalue weighted by molar-refractivity contribution is 0.102. The molecule has 1 aromatic heterocycles. The minimum Gasteiger partial charge on any atom is -0.506 e. The van der Waals surface area contributed by atoms with Gasteiger partial charge in [0, 0.05) is 18.3 Å². The summed E-state index contributed by atoms with van der Waals surface area (Å²) in [5.74, 6) is 0.0573. The van der Waals surface area contributed by atoms with Gasteiger partial charge in [0.1, 0.15) is 5.75 Å². The molecule has 1 aliphatic carbocycles. The van der Waals surface area contributed by atoms with Crippen molar-refractivity contribution in [2.75, 3.05) is 0 Å². The van der Waals surface area contributed by atoms with Crippen molar-refractivity contribution in [3.05, 3.63) is 51.8 Å². The number of carbonyl (C=O) groups excluding carboxylic acids is 1. The fraction of sp³-hybridized carbons (Fsp3) is 0.200. The molecule has 0 aliphatic heterocycles. The normalized spacial score (nSPS) is 16.5. The third kappa shape index (κ3) is 2.12. The second kappa shape index (κ2) is 4.80. The van der Waals surface area contributed by atoms with E-state index < -0.39 is 0 Å². The SMILES string of the molecule is Cn1ncc2c1CC/C(=C\c1ccc(O)c(Cl)c1)C2=O. The average molecular weight is 289 g/mol. The highest BCUT2D eigenvalue weighted by molar-refractivity contribution is 6.32. The van der Waals surface area contributed by atoms with Crippen LogP contribution in [0.25, 0.3) is 6.08 Å². The van der Waals surface area contributed by atoms with E-state index in [1.54, 1.807) is 23.0 Å². The lowest BCUT2D eigenvalue weighted by atomic mass is 9.90. The summed E-state index contributed by atoms with van der Waals surface area (Å²) in [6.07, 6.45) is 4.93. The van der Waals surface area contributed by atoms with Crippen molar-refractivity contribution in [1.29, 1.82) is 0 Å². The number of phenolic OH excluding ortho intramolecular Hbond substituents is 1. The number of halogens is 1. The van der Waals surface area contributed by atoms with Crippen LogP contribution in [0.4, 0.5) is 0 Å². The number of fused-ring (bicyclic) bond motifs is 1. The van der Waals surface area contributed by atoms with Crippen LogP contribution in [0.5, 0.6) is 5.75 Å². The van der Waals surface area contributed by atoms with Crippen molar-refractivity contribution < 1.29 is 9.90 Å². The van der Waals surface area contributed by atoms with Gasteiger partial charge in [-0.1, -0.05) is 17.7 Å². The fourth-order valence-electron chi connectivity index (χ4n) is 2.44. The second-order valence-corrected chi connectivity index (χ2v) is 5.25. The maximum absolute atomic E-state index is 12.4. The van der Waals surface area contributed by atoms with Crippen LogP contribution in [-0.2, 0) is 13.5 Å². The van der Waals surface area contributed by atoms with E-state index in [0.717, 1.165) is 23.3 Å². The largest absolute Gasteiger partial charge is 0.506 e. The Bertz CT molecular complexity index is 731. The van der Waals surface area contributed by atoms with E-state index in [2.05, 4.69) is 5.10 Å². The Balaban J connectivity index is 1.97. The highest BCUT2D eigenvalue weighted by atomic mass is 35.5. The van der Waals surface area contributed by atoms with Gasteiger partial charge in [0.15, 0.2) is 5.78 Å². The molecule has 1 N–H and O–H groups in total. The molecule has 0 amide bonds. The number of benzene rings is 1. The van der Waals surface area contributed by atoms with E-state index in [-0.39, 0.29) is 16.6 Å². The Morgan fingerprint density at radius 3 is 2.95 bits per heavy atom. The zero-order valence-corrected chi connectivity index (χ0v) is 11.7. The number of hydrogen-bond donors (Lipinski definition) is 1. The number of carbonyl (C=O) groups is 1. The molecule has 20 heavy (non-hydrogen) atoms. The highest BCUT2D eigenvalue weighted by Crippen LogP contribution is 2.28. The molecule has 0 bridgehead atoms. The molecule has 2 aromatic rings. The molecule has 102 valence electrons. The van der Waals surface area contributed by atoms with Crippen LogP contribution >= 0.6 is 11.6 Å². The summed E-state index contributed by atoms with van der Waals surface area (Å²) in [4.78, 5) is 12.4. The topological polar surface area (TPSA) is 55.1 Å². The van der Waals surface area contributed by atoms with Gasteiger partial charge in [0.2, 0.25) is 0 Å². The lowest BCUT2D eigenvalue weighted by Gasteiger charge is -2.14. The number of nitrogens with zero attached hydrogens (tertiary/aromatic N) is 2. The van der Waals surface area contributed by atoms with Crippen molar-refractivity contribution in [3.63, 3.8) is 0 Å². The monoisotopic (exact) mass is 288 g/mol. The van der Waals surface area contributed by atoms with Crippen LogP contribution in [0.1, 0.15) is 28.0 Å². The first-order chi connectivity index (χ1) is 9.56. The van der Waals surface area contributed by atoms with Crippen molar-refractivity contribution in [2.45, 2.75) is 12.8 Å². The Hall–Kier alpha value is -2.07. The summed E-state index contributed by atoms with van der Waals surface area (Å²) in [7, 11) is 1.85. The van der Waals surface area contributed by atoms with Gasteiger partial charge in [0.05, 0.1) is 16.8 Å². The number of allylic oxidation sites excluding steroid dienone is 1. The van der Waals surface area contributed by atoms with Gasteiger partial charge < -0.3 is 5.11 Å². The van der Waals surface area contributed by atoms with Gasteiger partial charge >= 0.3 is 0 Å². The zero-order chi connectivity index (χ0) is 14.3. The summed E-state index contributed by atoms with van der Waals surface area (Å²) in [6.45, 7) is 0. The molecule has 0 spiro atoms. The van der Waals surface area contributed by atoms with E-state index in [1.807, 2.05) is 13.1 Å². The van der Waals surface area contributed by atoms with E-state index in [0.29, 0.717) is 12.0 Å². The van der Waals surface area contributed by atoms with Crippen molar-refractivity contribution in [2.24, 2.45) is 7.05 Å². The zero-order valence-electron chi connectivity index (χ0n) is 10.9. The first-order valence-electron chi connectivity index (χ1n) is 6.31. The van der Waals surface area contributed by atoms with Gasteiger partial charge in [-0.2, -0.15) is 5.10 Å². The number of phenols is 1. The average Bonchev–Trinajstić information content (AvgIpc) is 2.80. The minimum absolute atomic E-state index is 0.0172. The molecular formula is C15H13ClN2O2. The van der Waals surface area contributed by atoms with Crippen molar-refractivity contribution >= 4 is 23.5 Å². The number of rotatable bonds is 1. The predicted octanol–water partition coefficient (Wildman–Crippen LogP) is 2.99. The third-order valence-corrected chi connectivity index (χ3v) is 3.84. The predicted molar refractivity (Wildman–Crippen MR) is 77.0 cm³/mol. The molecular weight excluding hydrogens is 276 g/mol. The van der Waals surface area contributed by atoms with E-state index in [9.17, 15) is 9.90 Å². The Kier molecular flexibility index (Phi) is 3.10. The fourth-order valence-corrected chi connectivity index (χ4v) is 2.63. The van der Waals surface area contributed by atoms with Crippen molar-refractivity contribution in [1.82, 2.24) is 9.78 Å². The van der Waals surface area contributed by atoms with Gasteiger partial charge in [-0.3, -0.25) is 9.48 Å². The quantitative estimate of drug-likeness (QED) is 0.821. The van der Waals surface area contributed by atoms with Crippen LogP contribution in [0.15, 0.2) is 30.0 Å². The summed E-state index contributed by atoms with van der Waals surface area (Å²) < 4.78 is 1.75.